The van der Waals surface area contributed by atoms with E-state index in [1.54, 1.807) is 0 Å². The Hall–Kier alpha value is -1.11. The molecule has 1 aliphatic carbocycles. The highest BCUT2D eigenvalue weighted by Crippen LogP contribution is 2.27. The van der Waals surface area contributed by atoms with Crippen LogP contribution in [0.2, 0.25) is 0 Å². The van der Waals surface area contributed by atoms with Gasteiger partial charge in [0.15, 0.2) is 0 Å². The number of aliphatic imine (C=N–C) groups is 1. The summed E-state index contributed by atoms with van der Waals surface area (Å²) in [6, 6.07) is 0.370. The van der Waals surface area contributed by atoms with E-state index in [1.807, 2.05) is 6.21 Å². The fraction of sp³-hybridized carbons (Fsp3) is 0.364. The monoisotopic (exact) mass is 159 g/mol. The summed E-state index contributed by atoms with van der Waals surface area (Å²) < 4.78 is 0. The van der Waals surface area contributed by atoms with Crippen LogP contribution in [0.5, 0.6) is 0 Å². The smallest absolute Gasteiger partial charge is 0.0782 e. The number of rotatable bonds is 1. The lowest BCUT2D eigenvalue weighted by Crippen LogP contribution is -2.21. The van der Waals surface area contributed by atoms with Gasteiger partial charge in [-0.2, -0.15) is 0 Å². The normalized spacial score (nSPS) is 31.6. The second kappa shape index (κ2) is 3.10. The van der Waals surface area contributed by atoms with Crippen molar-refractivity contribution in [2.24, 2.45) is 10.9 Å². The van der Waals surface area contributed by atoms with Gasteiger partial charge in [0, 0.05) is 12.1 Å². The van der Waals surface area contributed by atoms with Crippen LogP contribution in [0.3, 0.4) is 0 Å². The highest BCUT2D eigenvalue weighted by Gasteiger charge is 2.21. The lowest BCUT2D eigenvalue weighted by molar-refractivity contribution is 0.628. The minimum atomic E-state index is 0.370. The third-order valence-electron chi connectivity index (χ3n) is 2.49. The molecule has 1 heterocycles. The molecule has 2 atom stereocenters. The Morgan fingerprint density at radius 1 is 1.33 bits per heavy atom. The Balaban J connectivity index is 2.28. The fourth-order valence-corrected chi connectivity index (χ4v) is 1.78. The summed E-state index contributed by atoms with van der Waals surface area (Å²) in [4.78, 5) is 4.41. The quantitative estimate of drug-likeness (QED) is 0.557. The molecule has 0 saturated heterocycles. The Bertz CT molecular complexity index is 281. The molecule has 62 valence electrons. The second-order valence-electron chi connectivity index (χ2n) is 3.18. The maximum atomic E-state index is 4.41. The molecule has 0 radical (unpaired) electrons. The van der Waals surface area contributed by atoms with Gasteiger partial charge in [-0.3, -0.25) is 4.99 Å². The maximum Gasteiger partial charge on any atom is 0.0782 e. The summed E-state index contributed by atoms with van der Waals surface area (Å²) in [5.74, 6) is 0.532. The van der Waals surface area contributed by atoms with Crippen molar-refractivity contribution in [2.75, 3.05) is 0 Å². The average Bonchev–Trinajstić information content (AvgIpc) is 2.17. The van der Waals surface area contributed by atoms with Crippen molar-refractivity contribution in [3.8, 4) is 0 Å². The maximum absolute atomic E-state index is 4.41. The Labute approximate surface area is 73.2 Å². The van der Waals surface area contributed by atoms with Crippen LogP contribution in [-0.4, -0.2) is 12.3 Å². The van der Waals surface area contributed by atoms with Gasteiger partial charge in [-0.15, -0.1) is 0 Å². The molecule has 1 heteroatoms. The molecular formula is C11H13N. The second-order valence-corrected chi connectivity index (χ2v) is 3.18. The molecule has 0 aromatic rings. The molecule has 2 rings (SSSR count). The van der Waals surface area contributed by atoms with Crippen LogP contribution in [0.25, 0.3) is 0 Å². The van der Waals surface area contributed by atoms with Crippen molar-refractivity contribution >= 4 is 6.21 Å². The van der Waals surface area contributed by atoms with Gasteiger partial charge >= 0.3 is 0 Å². The van der Waals surface area contributed by atoms with Crippen molar-refractivity contribution in [1.29, 1.82) is 0 Å². The third-order valence-corrected chi connectivity index (χ3v) is 2.49. The zero-order valence-corrected chi connectivity index (χ0v) is 7.27. The zero-order chi connectivity index (χ0) is 8.39. The first-order chi connectivity index (χ1) is 5.92. The molecule has 0 N–H and O–H groups in total. The molecule has 12 heavy (non-hydrogen) atoms. The van der Waals surface area contributed by atoms with Crippen molar-refractivity contribution in [3.05, 3.63) is 36.0 Å². The first kappa shape index (κ1) is 7.53. The molecule has 2 unspecified atom stereocenters. The topological polar surface area (TPSA) is 12.4 Å². The van der Waals surface area contributed by atoms with Crippen molar-refractivity contribution < 1.29 is 0 Å². The molecule has 0 saturated carbocycles. The van der Waals surface area contributed by atoms with Crippen LogP contribution in [0, 0.1) is 5.92 Å². The number of allylic oxidation sites excluding steroid dienone is 3. The van der Waals surface area contributed by atoms with Crippen LogP contribution >= 0.6 is 0 Å². The Morgan fingerprint density at radius 3 is 3.00 bits per heavy atom. The summed E-state index contributed by atoms with van der Waals surface area (Å²) in [5, 5.41) is 0. The van der Waals surface area contributed by atoms with Gasteiger partial charge < -0.3 is 0 Å². The van der Waals surface area contributed by atoms with Crippen LogP contribution in [0.15, 0.2) is 40.9 Å². The predicted molar refractivity (Wildman–Crippen MR) is 52.4 cm³/mol. The molecular weight excluding hydrogens is 146 g/mol. The SMILES string of the molecule is CCC1=CC=NC2C=CC=CC12. The highest BCUT2D eigenvalue weighted by molar-refractivity contribution is 5.74. The van der Waals surface area contributed by atoms with E-state index >= 15 is 0 Å². The minimum absolute atomic E-state index is 0.370. The van der Waals surface area contributed by atoms with E-state index in [0.29, 0.717) is 12.0 Å². The lowest BCUT2D eigenvalue weighted by atomic mass is 9.85. The number of nitrogens with zero attached hydrogens (tertiary/aromatic N) is 1. The Kier molecular flexibility index (Phi) is 1.94. The van der Waals surface area contributed by atoms with Crippen LogP contribution in [-0.2, 0) is 0 Å². The molecule has 0 aromatic carbocycles. The predicted octanol–water partition coefficient (Wildman–Crippen LogP) is 2.52. The van der Waals surface area contributed by atoms with E-state index in [2.05, 4.69) is 42.3 Å². The van der Waals surface area contributed by atoms with Crippen molar-refractivity contribution in [1.82, 2.24) is 0 Å². The van der Waals surface area contributed by atoms with E-state index in [0.717, 1.165) is 6.42 Å². The van der Waals surface area contributed by atoms with Gasteiger partial charge in [-0.1, -0.05) is 36.8 Å². The van der Waals surface area contributed by atoms with E-state index < -0.39 is 0 Å². The fourth-order valence-electron chi connectivity index (χ4n) is 1.78. The molecule has 0 aromatic heterocycles. The van der Waals surface area contributed by atoms with E-state index in [-0.39, 0.29) is 0 Å². The van der Waals surface area contributed by atoms with E-state index in [9.17, 15) is 0 Å². The largest absolute Gasteiger partial charge is 0.285 e. The standard InChI is InChI=1S/C11H13N/c1-2-9-7-8-12-11-6-4-3-5-10(9)11/h3-8,10-11H,2H2,1H3. The van der Waals surface area contributed by atoms with Gasteiger partial charge in [-0.05, 0) is 12.5 Å². The zero-order valence-electron chi connectivity index (χ0n) is 7.27. The molecule has 0 bridgehead atoms. The summed E-state index contributed by atoms with van der Waals surface area (Å²) in [7, 11) is 0. The van der Waals surface area contributed by atoms with Crippen LogP contribution in [0.4, 0.5) is 0 Å². The number of hydrogen-bond acceptors (Lipinski definition) is 1. The molecule has 2 aliphatic rings. The number of hydrogen-bond donors (Lipinski definition) is 0. The first-order valence-electron chi connectivity index (χ1n) is 4.49. The third kappa shape index (κ3) is 1.15. The molecule has 1 nitrogen and oxygen atoms in total. The van der Waals surface area contributed by atoms with Gasteiger partial charge in [0.1, 0.15) is 0 Å². The molecule has 0 fully saturated rings. The first-order valence-corrected chi connectivity index (χ1v) is 4.49. The van der Waals surface area contributed by atoms with Gasteiger partial charge in [0.2, 0.25) is 0 Å². The minimum Gasteiger partial charge on any atom is -0.285 e. The number of dihydropyridines is 1. The van der Waals surface area contributed by atoms with Crippen molar-refractivity contribution in [2.45, 2.75) is 19.4 Å². The number of fused-ring (bicyclic) bond motifs is 1. The molecule has 0 spiro atoms. The highest BCUT2D eigenvalue weighted by atomic mass is 14.8. The van der Waals surface area contributed by atoms with Gasteiger partial charge in [-0.25, -0.2) is 0 Å². The van der Waals surface area contributed by atoms with Gasteiger partial charge in [0.05, 0.1) is 6.04 Å². The van der Waals surface area contributed by atoms with Crippen LogP contribution in [0.1, 0.15) is 13.3 Å². The van der Waals surface area contributed by atoms with Crippen molar-refractivity contribution in [3.63, 3.8) is 0 Å². The van der Waals surface area contributed by atoms with E-state index in [4.69, 9.17) is 0 Å². The van der Waals surface area contributed by atoms with Crippen LogP contribution < -0.4 is 0 Å². The molecule has 0 amide bonds. The molecule has 1 aliphatic heterocycles. The summed E-state index contributed by atoms with van der Waals surface area (Å²) in [5.41, 5.74) is 1.50. The lowest BCUT2D eigenvalue weighted by Gasteiger charge is -2.25. The average molecular weight is 159 g/mol. The van der Waals surface area contributed by atoms with E-state index in [1.165, 1.54) is 5.57 Å². The summed E-state index contributed by atoms with van der Waals surface area (Å²) in [6.07, 6.45) is 13.8. The van der Waals surface area contributed by atoms with Gasteiger partial charge in [0.25, 0.3) is 0 Å². The summed E-state index contributed by atoms with van der Waals surface area (Å²) in [6.45, 7) is 2.20. The Morgan fingerprint density at radius 2 is 2.17 bits per heavy atom. The summed E-state index contributed by atoms with van der Waals surface area (Å²) >= 11 is 0.